The minimum atomic E-state index is -0.0811. The zero-order chi connectivity index (χ0) is 16.1. The van der Waals surface area contributed by atoms with Crippen LogP contribution in [0.2, 0.25) is 5.02 Å². The van der Waals surface area contributed by atoms with Crippen molar-refractivity contribution >= 4 is 33.4 Å². The lowest BCUT2D eigenvalue weighted by Gasteiger charge is -2.18. The molecule has 0 aromatic heterocycles. The summed E-state index contributed by atoms with van der Waals surface area (Å²) in [6.45, 7) is 2.59. The number of amides is 1. The molecule has 0 saturated carbocycles. The maximum atomic E-state index is 12.1. The number of halogens is 2. The Hall–Kier alpha value is -1.52. The number of carbonyl (C=O) groups excluding carboxylic acids is 1. The summed E-state index contributed by atoms with van der Waals surface area (Å²) in [4.78, 5) is 13.8. The van der Waals surface area contributed by atoms with E-state index < -0.39 is 0 Å². The van der Waals surface area contributed by atoms with Crippen LogP contribution in [0.3, 0.4) is 0 Å². The number of rotatable bonds is 5. The molecule has 0 radical (unpaired) electrons. The number of benzene rings is 2. The van der Waals surface area contributed by atoms with Gasteiger partial charge in [0, 0.05) is 18.6 Å². The average Bonchev–Trinajstić information content (AvgIpc) is 2.48. The molecular formula is C17H17BrClNO2. The van der Waals surface area contributed by atoms with Crippen LogP contribution in [0.25, 0.3) is 0 Å². The second-order valence-corrected chi connectivity index (χ2v) is 6.39. The first-order chi connectivity index (χ1) is 10.5. The molecule has 0 fully saturated rings. The predicted octanol–water partition coefficient (Wildman–Crippen LogP) is 4.45. The Bertz CT molecular complexity index is 658. The molecule has 0 spiro atoms. The van der Waals surface area contributed by atoms with Gasteiger partial charge in [-0.1, -0.05) is 41.4 Å². The molecule has 2 aromatic rings. The van der Waals surface area contributed by atoms with Crippen molar-refractivity contribution in [1.29, 1.82) is 0 Å². The van der Waals surface area contributed by atoms with E-state index in [-0.39, 0.29) is 12.5 Å². The highest BCUT2D eigenvalue weighted by Gasteiger charge is 2.11. The van der Waals surface area contributed by atoms with Crippen molar-refractivity contribution in [3.63, 3.8) is 0 Å². The number of nitrogens with zero attached hydrogens (tertiary/aromatic N) is 1. The smallest absolute Gasteiger partial charge is 0.260 e. The van der Waals surface area contributed by atoms with Gasteiger partial charge in [0.25, 0.3) is 5.91 Å². The number of hydrogen-bond acceptors (Lipinski definition) is 2. The number of likely N-dealkylation sites (N-methyl/N-ethyl adjacent to an activating group) is 1. The molecule has 0 unspecified atom stereocenters. The SMILES string of the molecule is Cc1ccc(CN(C)C(=O)COc2ccc(Cl)cc2Br)cc1. The van der Waals surface area contributed by atoms with Crippen molar-refractivity contribution in [2.75, 3.05) is 13.7 Å². The van der Waals surface area contributed by atoms with Crippen molar-refractivity contribution in [2.45, 2.75) is 13.5 Å². The minimum absolute atomic E-state index is 0.0113. The second-order valence-electron chi connectivity index (χ2n) is 5.10. The third-order valence-corrected chi connectivity index (χ3v) is 4.07. The summed E-state index contributed by atoms with van der Waals surface area (Å²) in [6.07, 6.45) is 0. The Morgan fingerprint density at radius 3 is 2.55 bits per heavy atom. The molecule has 0 atom stereocenters. The summed E-state index contributed by atoms with van der Waals surface area (Å²) < 4.78 is 6.27. The zero-order valence-corrected chi connectivity index (χ0v) is 14.8. The molecule has 0 saturated heterocycles. The lowest BCUT2D eigenvalue weighted by molar-refractivity contribution is -0.132. The summed E-state index contributed by atoms with van der Waals surface area (Å²) >= 11 is 9.23. The van der Waals surface area contributed by atoms with Crippen LogP contribution in [0.4, 0.5) is 0 Å². The fourth-order valence-corrected chi connectivity index (χ4v) is 2.69. The van der Waals surface area contributed by atoms with Crippen LogP contribution in [0.1, 0.15) is 11.1 Å². The van der Waals surface area contributed by atoms with Gasteiger partial charge in [0.05, 0.1) is 4.47 Å². The number of hydrogen-bond donors (Lipinski definition) is 0. The van der Waals surface area contributed by atoms with Crippen LogP contribution in [0, 0.1) is 6.92 Å². The molecule has 0 aliphatic rings. The molecule has 2 rings (SSSR count). The average molecular weight is 383 g/mol. The Morgan fingerprint density at radius 1 is 1.23 bits per heavy atom. The maximum absolute atomic E-state index is 12.1. The molecular weight excluding hydrogens is 366 g/mol. The van der Waals surface area contributed by atoms with Gasteiger partial charge < -0.3 is 9.64 Å². The molecule has 0 bridgehead atoms. The summed E-state index contributed by atoms with van der Waals surface area (Å²) in [5.41, 5.74) is 2.29. The van der Waals surface area contributed by atoms with E-state index in [1.54, 1.807) is 30.1 Å². The van der Waals surface area contributed by atoms with E-state index in [1.807, 2.05) is 31.2 Å². The third kappa shape index (κ3) is 4.75. The van der Waals surface area contributed by atoms with Crippen molar-refractivity contribution in [1.82, 2.24) is 4.90 Å². The standard InChI is InChI=1S/C17H17BrClNO2/c1-12-3-5-13(6-4-12)10-20(2)17(21)11-22-16-8-7-14(19)9-15(16)18/h3-9H,10-11H2,1-2H3. The molecule has 5 heteroatoms. The Morgan fingerprint density at radius 2 is 1.91 bits per heavy atom. The quantitative estimate of drug-likeness (QED) is 0.764. The lowest BCUT2D eigenvalue weighted by atomic mass is 10.1. The van der Waals surface area contributed by atoms with Crippen LogP contribution >= 0.6 is 27.5 Å². The monoisotopic (exact) mass is 381 g/mol. The zero-order valence-electron chi connectivity index (χ0n) is 12.5. The van der Waals surface area contributed by atoms with Gasteiger partial charge in [0.15, 0.2) is 6.61 Å². The van der Waals surface area contributed by atoms with Crippen molar-refractivity contribution in [3.05, 3.63) is 63.1 Å². The molecule has 0 N–H and O–H groups in total. The fraction of sp³-hybridized carbons (Fsp3) is 0.235. The van der Waals surface area contributed by atoms with Gasteiger partial charge in [-0.2, -0.15) is 0 Å². The molecule has 116 valence electrons. The summed E-state index contributed by atoms with van der Waals surface area (Å²) in [5, 5.41) is 0.613. The van der Waals surface area contributed by atoms with Crippen molar-refractivity contribution in [3.8, 4) is 5.75 Å². The van der Waals surface area contributed by atoms with Gasteiger partial charge >= 0.3 is 0 Å². The second kappa shape index (κ2) is 7.65. The van der Waals surface area contributed by atoms with Crippen LogP contribution in [-0.2, 0) is 11.3 Å². The molecule has 22 heavy (non-hydrogen) atoms. The highest BCUT2D eigenvalue weighted by Crippen LogP contribution is 2.27. The van der Waals surface area contributed by atoms with Crippen LogP contribution in [0.5, 0.6) is 5.75 Å². The predicted molar refractivity (Wildman–Crippen MR) is 92.3 cm³/mol. The van der Waals surface area contributed by atoms with Gasteiger partial charge in [-0.3, -0.25) is 4.79 Å². The first-order valence-corrected chi connectivity index (χ1v) is 8.00. The number of ether oxygens (including phenoxy) is 1. The summed E-state index contributed by atoms with van der Waals surface area (Å²) in [6, 6.07) is 13.3. The first-order valence-electron chi connectivity index (χ1n) is 6.83. The van der Waals surface area contributed by atoms with Crippen LogP contribution in [0.15, 0.2) is 46.9 Å². The van der Waals surface area contributed by atoms with Gasteiger partial charge in [-0.05, 0) is 46.6 Å². The summed E-state index contributed by atoms with van der Waals surface area (Å²) in [5.74, 6) is 0.518. The Balaban J connectivity index is 1.89. The Kier molecular flexibility index (Phi) is 5.86. The highest BCUT2D eigenvalue weighted by molar-refractivity contribution is 9.10. The van der Waals surface area contributed by atoms with Gasteiger partial charge in [0.2, 0.25) is 0 Å². The Labute approximate surface area is 144 Å². The van der Waals surface area contributed by atoms with E-state index in [9.17, 15) is 4.79 Å². The van der Waals surface area contributed by atoms with Crippen LogP contribution < -0.4 is 4.74 Å². The van der Waals surface area contributed by atoms with Crippen molar-refractivity contribution in [2.24, 2.45) is 0 Å². The minimum Gasteiger partial charge on any atom is -0.483 e. The molecule has 0 heterocycles. The highest BCUT2D eigenvalue weighted by atomic mass is 79.9. The van der Waals surface area contributed by atoms with E-state index in [0.29, 0.717) is 17.3 Å². The van der Waals surface area contributed by atoms with Gasteiger partial charge in [-0.15, -0.1) is 0 Å². The summed E-state index contributed by atoms with van der Waals surface area (Å²) in [7, 11) is 1.77. The van der Waals surface area contributed by atoms with E-state index in [0.717, 1.165) is 10.0 Å². The number of carbonyl (C=O) groups is 1. The molecule has 0 aliphatic carbocycles. The topological polar surface area (TPSA) is 29.5 Å². The van der Waals surface area contributed by atoms with Gasteiger partial charge in [0.1, 0.15) is 5.75 Å². The molecule has 2 aromatic carbocycles. The molecule has 3 nitrogen and oxygen atoms in total. The normalized spacial score (nSPS) is 10.4. The maximum Gasteiger partial charge on any atom is 0.260 e. The van der Waals surface area contributed by atoms with Crippen LogP contribution in [-0.4, -0.2) is 24.5 Å². The molecule has 0 aliphatic heterocycles. The lowest BCUT2D eigenvalue weighted by Crippen LogP contribution is -2.31. The van der Waals surface area contributed by atoms with E-state index in [4.69, 9.17) is 16.3 Å². The van der Waals surface area contributed by atoms with E-state index >= 15 is 0 Å². The number of aryl methyl sites for hydroxylation is 1. The molecule has 1 amide bonds. The van der Waals surface area contributed by atoms with E-state index in [2.05, 4.69) is 15.9 Å². The first kappa shape index (κ1) is 16.8. The van der Waals surface area contributed by atoms with Crippen molar-refractivity contribution < 1.29 is 9.53 Å². The van der Waals surface area contributed by atoms with Gasteiger partial charge in [-0.25, -0.2) is 0 Å². The van der Waals surface area contributed by atoms with E-state index in [1.165, 1.54) is 5.56 Å². The third-order valence-electron chi connectivity index (χ3n) is 3.21. The largest absolute Gasteiger partial charge is 0.483 e. The fourth-order valence-electron chi connectivity index (χ4n) is 1.90.